The molecule has 20 heavy (non-hydrogen) atoms. The van der Waals surface area contributed by atoms with Gasteiger partial charge in [-0.15, -0.1) is 0 Å². The van der Waals surface area contributed by atoms with Crippen molar-refractivity contribution in [3.8, 4) is 11.3 Å². The molecule has 0 spiro atoms. The molecule has 2 heterocycles. The molecule has 3 heteroatoms. The van der Waals surface area contributed by atoms with Gasteiger partial charge in [-0.2, -0.15) is 0 Å². The molecule has 4 rings (SSSR count). The Labute approximate surface area is 117 Å². The van der Waals surface area contributed by atoms with E-state index in [4.69, 9.17) is 4.98 Å². The van der Waals surface area contributed by atoms with Gasteiger partial charge in [0.2, 0.25) is 0 Å². The lowest BCUT2D eigenvalue weighted by Crippen LogP contribution is -2.40. The first-order valence-electron chi connectivity index (χ1n) is 6.93. The molecule has 0 radical (unpaired) electrons. The number of rotatable bonds is 2. The third-order valence-corrected chi connectivity index (χ3v) is 3.87. The molecule has 1 aliphatic rings. The molecular formula is C17H15N3. The van der Waals surface area contributed by atoms with Crippen molar-refractivity contribution < 1.29 is 0 Å². The number of nitrogens with zero attached hydrogens (tertiary/aromatic N) is 2. The van der Waals surface area contributed by atoms with E-state index in [1.165, 1.54) is 10.8 Å². The lowest BCUT2D eigenvalue weighted by molar-refractivity contribution is 0.430. The average Bonchev–Trinajstić information content (AvgIpc) is 2.45. The second-order valence-corrected chi connectivity index (χ2v) is 5.22. The SMILES string of the molecule is c1ccc2cc(-c3ccnc(C4CNC4)n3)ccc2c1. The van der Waals surface area contributed by atoms with Crippen LogP contribution in [0.2, 0.25) is 0 Å². The largest absolute Gasteiger partial charge is 0.315 e. The summed E-state index contributed by atoms with van der Waals surface area (Å²) in [5.74, 6) is 1.42. The lowest BCUT2D eigenvalue weighted by atomic mass is 10.0. The van der Waals surface area contributed by atoms with Gasteiger partial charge in [-0.25, -0.2) is 9.97 Å². The molecule has 1 saturated heterocycles. The smallest absolute Gasteiger partial charge is 0.134 e. The number of benzene rings is 2. The van der Waals surface area contributed by atoms with Crippen molar-refractivity contribution in [3.05, 3.63) is 60.6 Å². The van der Waals surface area contributed by atoms with E-state index in [0.29, 0.717) is 5.92 Å². The Morgan fingerprint density at radius 2 is 1.80 bits per heavy atom. The second-order valence-electron chi connectivity index (χ2n) is 5.22. The second kappa shape index (κ2) is 4.69. The van der Waals surface area contributed by atoms with Crippen LogP contribution in [0.1, 0.15) is 11.7 Å². The predicted molar refractivity (Wildman–Crippen MR) is 80.6 cm³/mol. The summed E-state index contributed by atoms with van der Waals surface area (Å²) in [6.07, 6.45) is 1.87. The molecule has 3 aromatic rings. The van der Waals surface area contributed by atoms with E-state index in [9.17, 15) is 0 Å². The standard InChI is InChI=1S/C17H15N3/c1-2-4-13-9-14(6-5-12(13)3-1)16-7-8-19-17(20-16)15-10-18-11-15/h1-9,15,18H,10-11H2. The van der Waals surface area contributed by atoms with E-state index in [1.54, 1.807) is 0 Å². The first kappa shape index (κ1) is 11.6. The fourth-order valence-corrected chi connectivity index (χ4v) is 2.55. The summed E-state index contributed by atoms with van der Waals surface area (Å²) in [5.41, 5.74) is 2.16. The zero-order chi connectivity index (χ0) is 13.4. The van der Waals surface area contributed by atoms with Gasteiger partial charge in [-0.1, -0.05) is 36.4 Å². The van der Waals surface area contributed by atoms with Crippen molar-refractivity contribution in [1.29, 1.82) is 0 Å². The van der Waals surface area contributed by atoms with Crippen molar-refractivity contribution in [2.45, 2.75) is 5.92 Å². The Bertz CT molecular complexity index is 763. The highest BCUT2D eigenvalue weighted by Crippen LogP contribution is 2.24. The molecule has 0 unspecified atom stereocenters. The molecule has 1 aliphatic heterocycles. The number of hydrogen-bond acceptors (Lipinski definition) is 3. The van der Waals surface area contributed by atoms with Crippen molar-refractivity contribution in [3.63, 3.8) is 0 Å². The summed E-state index contributed by atoms with van der Waals surface area (Å²) in [6.45, 7) is 1.97. The van der Waals surface area contributed by atoms with Crippen LogP contribution in [0.15, 0.2) is 54.7 Å². The third-order valence-electron chi connectivity index (χ3n) is 3.87. The van der Waals surface area contributed by atoms with Crippen molar-refractivity contribution in [1.82, 2.24) is 15.3 Å². The van der Waals surface area contributed by atoms with Gasteiger partial charge < -0.3 is 5.32 Å². The minimum absolute atomic E-state index is 0.468. The van der Waals surface area contributed by atoms with E-state index >= 15 is 0 Å². The molecule has 0 atom stereocenters. The Balaban J connectivity index is 1.77. The van der Waals surface area contributed by atoms with Crippen LogP contribution in [0.4, 0.5) is 0 Å². The molecule has 0 saturated carbocycles. The molecule has 2 aromatic carbocycles. The number of nitrogens with one attached hydrogen (secondary N) is 1. The quantitative estimate of drug-likeness (QED) is 0.770. The maximum absolute atomic E-state index is 4.72. The van der Waals surface area contributed by atoms with Crippen LogP contribution in [0.3, 0.4) is 0 Å². The van der Waals surface area contributed by atoms with E-state index in [-0.39, 0.29) is 0 Å². The van der Waals surface area contributed by atoms with Gasteiger partial charge in [0, 0.05) is 30.8 Å². The zero-order valence-electron chi connectivity index (χ0n) is 11.1. The summed E-state index contributed by atoms with van der Waals surface area (Å²) in [4.78, 5) is 9.12. The highest BCUT2D eigenvalue weighted by molar-refractivity contribution is 5.86. The first-order valence-corrected chi connectivity index (χ1v) is 6.93. The minimum atomic E-state index is 0.468. The minimum Gasteiger partial charge on any atom is -0.315 e. The Hall–Kier alpha value is -2.26. The maximum atomic E-state index is 4.72. The maximum Gasteiger partial charge on any atom is 0.134 e. The van der Waals surface area contributed by atoms with Gasteiger partial charge in [0.25, 0.3) is 0 Å². The van der Waals surface area contributed by atoms with Gasteiger partial charge in [0.05, 0.1) is 5.69 Å². The molecule has 1 aromatic heterocycles. The summed E-state index contributed by atoms with van der Waals surface area (Å²) >= 11 is 0. The van der Waals surface area contributed by atoms with E-state index in [1.807, 2.05) is 12.3 Å². The van der Waals surface area contributed by atoms with Gasteiger partial charge in [-0.05, 0) is 22.9 Å². The molecule has 3 nitrogen and oxygen atoms in total. The van der Waals surface area contributed by atoms with Crippen LogP contribution < -0.4 is 5.32 Å². The van der Waals surface area contributed by atoms with Crippen LogP contribution in [0.5, 0.6) is 0 Å². The Morgan fingerprint density at radius 3 is 2.60 bits per heavy atom. The normalized spacial score (nSPS) is 15.2. The molecular weight excluding hydrogens is 246 g/mol. The number of aromatic nitrogens is 2. The monoisotopic (exact) mass is 261 g/mol. The molecule has 98 valence electrons. The zero-order valence-corrected chi connectivity index (χ0v) is 11.1. The molecule has 0 bridgehead atoms. The summed E-state index contributed by atoms with van der Waals surface area (Å²) in [5, 5.41) is 5.77. The Kier molecular flexibility index (Phi) is 2.71. The van der Waals surface area contributed by atoms with Crippen LogP contribution in [-0.4, -0.2) is 23.1 Å². The van der Waals surface area contributed by atoms with Crippen LogP contribution >= 0.6 is 0 Å². The van der Waals surface area contributed by atoms with Crippen LogP contribution in [-0.2, 0) is 0 Å². The molecule has 1 fully saturated rings. The summed E-state index contributed by atoms with van der Waals surface area (Å²) in [6, 6.07) is 16.9. The van der Waals surface area contributed by atoms with Gasteiger partial charge in [-0.3, -0.25) is 0 Å². The van der Waals surface area contributed by atoms with E-state index in [2.05, 4.69) is 52.8 Å². The molecule has 1 N–H and O–H groups in total. The summed E-state index contributed by atoms with van der Waals surface area (Å²) in [7, 11) is 0. The van der Waals surface area contributed by atoms with Crippen molar-refractivity contribution in [2.75, 3.05) is 13.1 Å². The lowest BCUT2D eigenvalue weighted by Gasteiger charge is -2.25. The Morgan fingerprint density at radius 1 is 0.950 bits per heavy atom. The first-order chi connectivity index (χ1) is 9.90. The average molecular weight is 261 g/mol. The highest BCUT2D eigenvalue weighted by Gasteiger charge is 2.21. The van der Waals surface area contributed by atoms with Gasteiger partial charge >= 0.3 is 0 Å². The topological polar surface area (TPSA) is 37.8 Å². The summed E-state index contributed by atoms with van der Waals surface area (Å²) < 4.78 is 0. The third kappa shape index (κ3) is 1.96. The number of fused-ring (bicyclic) bond motifs is 1. The van der Waals surface area contributed by atoms with Crippen molar-refractivity contribution >= 4 is 10.8 Å². The van der Waals surface area contributed by atoms with E-state index in [0.717, 1.165) is 30.2 Å². The fraction of sp³-hybridized carbons (Fsp3) is 0.176. The van der Waals surface area contributed by atoms with Gasteiger partial charge in [0.1, 0.15) is 5.82 Å². The van der Waals surface area contributed by atoms with Crippen LogP contribution in [0.25, 0.3) is 22.0 Å². The fourth-order valence-electron chi connectivity index (χ4n) is 2.55. The van der Waals surface area contributed by atoms with Crippen LogP contribution in [0, 0.1) is 0 Å². The van der Waals surface area contributed by atoms with Crippen molar-refractivity contribution in [2.24, 2.45) is 0 Å². The van der Waals surface area contributed by atoms with E-state index < -0.39 is 0 Å². The molecule has 0 aliphatic carbocycles. The van der Waals surface area contributed by atoms with Gasteiger partial charge in [0.15, 0.2) is 0 Å². The highest BCUT2D eigenvalue weighted by atomic mass is 15.0. The molecule has 0 amide bonds. The predicted octanol–water partition coefficient (Wildman–Crippen LogP) is 2.98. The number of hydrogen-bond donors (Lipinski definition) is 1.